The highest BCUT2D eigenvalue weighted by Crippen LogP contribution is 2.29. The zero-order valence-electron chi connectivity index (χ0n) is 10.2. The third-order valence-electron chi connectivity index (χ3n) is 3.58. The van der Waals surface area contributed by atoms with E-state index < -0.39 is 17.7 Å². The van der Waals surface area contributed by atoms with Gasteiger partial charge < -0.3 is 11.1 Å². The van der Waals surface area contributed by atoms with Crippen molar-refractivity contribution < 1.29 is 14.4 Å². The van der Waals surface area contributed by atoms with Crippen molar-refractivity contribution in [3.05, 3.63) is 29.3 Å². The van der Waals surface area contributed by atoms with E-state index in [2.05, 4.69) is 5.32 Å². The fourth-order valence-electron chi connectivity index (χ4n) is 2.56. The molecule has 1 aromatic carbocycles. The number of benzene rings is 1. The Hall–Kier alpha value is -2.21. The predicted octanol–water partition coefficient (Wildman–Crippen LogP) is 0.000900. The summed E-state index contributed by atoms with van der Waals surface area (Å²) >= 11 is 0. The van der Waals surface area contributed by atoms with Crippen molar-refractivity contribution in [2.45, 2.75) is 6.42 Å². The van der Waals surface area contributed by atoms with Crippen molar-refractivity contribution in [1.82, 2.24) is 10.2 Å². The Morgan fingerprint density at radius 1 is 1.32 bits per heavy atom. The lowest BCUT2D eigenvalue weighted by Crippen LogP contribution is -2.41. The van der Waals surface area contributed by atoms with Crippen molar-refractivity contribution in [3.63, 3.8) is 0 Å². The molecule has 6 nitrogen and oxygen atoms in total. The monoisotopic (exact) mass is 259 g/mol. The topological polar surface area (TPSA) is 92.5 Å². The Kier molecular flexibility index (Phi) is 2.60. The first-order valence-electron chi connectivity index (χ1n) is 6.13. The number of nitrogen functional groups attached to an aromatic ring is 1. The van der Waals surface area contributed by atoms with Crippen LogP contribution in [-0.2, 0) is 4.79 Å². The average molecular weight is 259 g/mol. The third-order valence-corrected chi connectivity index (χ3v) is 3.58. The molecule has 19 heavy (non-hydrogen) atoms. The molecular weight excluding hydrogens is 246 g/mol. The summed E-state index contributed by atoms with van der Waals surface area (Å²) in [7, 11) is 0. The van der Waals surface area contributed by atoms with Gasteiger partial charge in [0.15, 0.2) is 0 Å². The SMILES string of the molecule is Nc1cccc2c1C(=O)N(C(=O)C1CCNC1)C2=O. The van der Waals surface area contributed by atoms with E-state index in [4.69, 9.17) is 5.73 Å². The Morgan fingerprint density at radius 3 is 2.74 bits per heavy atom. The minimum atomic E-state index is -0.602. The van der Waals surface area contributed by atoms with E-state index in [1.807, 2.05) is 0 Å². The highest BCUT2D eigenvalue weighted by molar-refractivity contribution is 6.30. The van der Waals surface area contributed by atoms with Crippen LogP contribution in [0, 0.1) is 5.92 Å². The summed E-state index contributed by atoms with van der Waals surface area (Å²) in [5.74, 6) is -1.92. The molecule has 3 amide bonds. The second-order valence-electron chi connectivity index (χ2n) is 4.74. The first-order chi connectivity index (χ1) is 9.11. The van der Waals surface area contributed by atoms with E-state index in [1.165, 1.54) is 6.07 Å². The number of nitrogens with one attached hydrogen (secondary N) is 1. The summed E-state index contributed by atoms with van der Waals surface area (Å²) in [5.41, 5.74) is 6.31. The summed E-state index contributed by atoms with van der Waals surface area (Å²) in [6.45, 7) is 1.23. The molecule has 1 atom stereocenters. The first-order valence-corrected chi connectivity index (χ1v) is 6.13. The van der Waals surface area contributed by atoms with Gasteiger partial charge in [-0.1, -0.05) is 6.07 Å². The van der Waals surface area contributed by atoms with Gasteiger partial charge in [0.2, 0.25) is 5.91 Å². The van der Waals surface area contributed by atoms with Gasteiger partial charge >= 0.3 is 0 Å². The van der Waals surface area contributed by atoms with E-state index in [0.29, 0.717) is 13.0 Å². The van der Waals surface area contributed by atoms with Crippen LogP contribution in [0.4, 0.5) is 5.69 Å². The van der Waals surface area contributed by atoms with Crippen LogP contribution in [0.3, 0.4) is 0 Å². The summed E-state index contributed by atoms with van der Waals surface area (Å²) in [6.07, 6.45) is 0.641. The lowest BCUT2D eigenvalue weighted by atomic mass is 10.1. The third kappa shape index (κ3) is 1.64. The van der Waals surface area contributed by atoms with Gasteiger partial charge in [0, 0.05) is 12.2 Å². The summed E-state index contributed by atoms with van der Waals surface area (Å²) in [6, 6.07) is 4.67. The maximum atomic E-state index is 12.3. The molecule has 1 fully saturated rings. The van der Waals surface area contributed by atoms with Crippen LogP contribution < -0.4 is 11.1 Å². The van der Waals surface area contributed by atoms with Crippen LogP contribution >= 0.6 is 0 Å². The van der Waals surface area contributed by atoms with E-state index >= 15 is 0 Å². The minimum Gasteiger partial charge on any atom is -0.398 e. The molecule has 1 aromatic rings. The summed E-state index contributed by atoms with van der Waals surface area (Å²) in [4.78, 5) is 37.4. The van der Waals surface area contributed by atoms with Gasteiger partial charge in [0.1, 0.15) is 0 Å². The predicted molar refractivity (Wildman–Crippen MR) is 67.3 cm³/mol. The number of imide groups is 3. The van der Waals surface area contributed by atoms with Crippen LogP contribution in [0.2, 0.25) is 0 Å². The van der Waals surface area contributed by atoms with Crippen LogP contribution in [0.5, 0.6) is 0 Å². The summed E-state index contributed by atoms with van der Waals surface area (Å²) in [5, 5.41) is 3.04. The zero-order chi connectivity index (χ0) is 13.6. The van der Waals surface area contributed by atoms with Crippen LogP contribution in [0.25, 0.3) is 0 Å². The normalized spacial score (nSPS) is 21.9. The average Bonchev–Trinajstić information content (AvgIpc) is 2.98. The lowest BCUT2D eigenvalue weighted by Gasteiger charge is -2.15. The van der Waals surface area contributed by atoms with Crippen molar-refractivity contribution in [3.8, 4) is 0 Å². The Bertz CT molecular complexity index is 591. The van der Waals surface area contributed by atoms with Crippen molar-refractivity contribution in [1.29, 1.82) is 0 Å². The highest BCUT2D eigenvalue weighted by Gasteiger charge is 2.43. The molecule has 0 aromatic heterocycles. The second kappa shape index (κ2) is 4.17. The van der Waals surface area contributed by atoms with Gasteiger partial charge in [-0.15, -0.1) is 0 Å². The molecular formula is C13H13N3O3. The molecule has 1 saturated heterocycles. The number of nitrogens with zero attached hydrogens (tertiary/aromatic N) is 1. The number of nitrogens with two attached hydrogens (primary N) is 1. The van der Waals surface area contributed by atoms with Gasteiger partial charge in [0.05, 0.1) is 17.0 Å². The molecule has 0 spiro atoms. The molecule has 2 aliphatic rings. The Morgan fingerprint density at radius 2 is 2.11 bits per heavy atom. The molecule has 6 heteroatoms. The van der Waals surface area contributed by atoms with E-state index in [-0.39, 0.29) is 22.7 Å². The van der Waals surface area contributed by atoms with Gasteiger partial charge in [-0.25, -0.2) is 4.90 Å². The number of fused-ring (bicyclic) bond motifs is 1. The van der Waals surface area contributed by atoms with Gasteiger partial charge in [-0.05, 0) is 25.1 Å². The number of hydrogen-bond donors (Lipinski definition) is 2. The van der Waals surface area contributed by atoms with Crippen molar-refractivity contribution >= 4 is 23.4 Å². The number of rotatable bonds is 1. The molecule has 2 heterocycles. The first kappa shape index (κ1) is 11.9. The largest absolute Gasteiger partial charge is 0.398 e. The second-order valence-corrected chi connectivity index (χ2v) is 4.74. The summed E-state index contributed by atoms with van der Waals surface area (Å²) < 4.78 is 0. The molecule has 1 unspecified atom stereocenters. The number of carbonyl (C=O) groups is 3. The van der Waals surface area contributed by atoms with Crippen LogP contribution in [0.1, 0.15) is 27.1 Å². The van der Waals surface area contributed by atoms with Gasteiger partial charge in [-0.3, -0.25) is 14.4 Å². The quantitative estimate of drug-likeness (QED) is 0.547. The van der Waals surface area contributed by atoms with Gasteiger partial charge in [-0.2, -0.15) is 0 Å². The molecule has 0 aliphatic carbocycles. The number of hydrogen-bond acceptors (Lipinski definition) is 5. The Balaban J connectivity index is 1.98. The zero-order valence-corrected chi connectivity index (χ0v) is 10.2. The fraction of sp³-hybridized carbons (Fsp3) is 0.308. The molecule has 0 radical (unpaired) electrons. The standard InChI is InChI=1S/C13H13N3O3/c14-9-3-1-2-8-10(9)13(19)16(12(8)18)11(17)7-4-5-15-6-7/h1-3,7,15H,4-6,14H2. The van der Waals surface area contributed by atoms with Crippen LogP contribution in [0.15, 0.2) is 18.2 Å². The highest BCUT2D eigenvalue weighted by atomic mass is 16.2. The minimum absolute atomic E-state index is 0.145. The molecule has 0 bridgehead atoms. The number of carbonyl (C=O) groups excluding carboxylic acids is 3. The van der Waals surface area contributed by atoms with E-state index in [0.717, 1.165) is 11.4 Å². The smallest absolute Gasteiger partial charge is 0.270 e. The molecule has 3 rings (SSSR count). The van der Waals surface area contributed by atoms with Crippen LogP contribution in [-0.4, -0.2) is 35.7 Å². The Labute approximate surface area is 109 Å². The maximum Gasteiger partial charge on any atom is 0.270 e. The lowest BCUT2D eigenvalue weighted by molar-refractivity contribution is -0.129. The molecule has 98 valence electrons. The molecule has 2 aliphatic heterocycles. The van der Waals surface area contributed by atoms with Gasteiger partial charge in [0.25, 0.3) is 11.8 Å². The number of amides is 3. The number of anilines is 1. The molecule has 3 N–H and O–H groups in total. The fourth-order valence-corrected chi connectivity index (χ4v) is 2.56. The van der Waals surface area contributed by atoms with Crippen molar-refractivity contribution in [2.24, 2.45) is 5.92 Å². The van der Waals surface area contributed by atoms with E-state index in [9.17, 15) is 14.4 Å². The maximum absolute atomic E-state index is 12.3. The molecule has 0 saturated carbocycles. The van der Waals surface area contributed by atoms with E-state index in [1.54, 1.807) is 12.1 Å². The van der Waals surface area contributed by atoms with Crippen molar-refractivity contribution in [2.75, 3.05) is 18.8 Å².